The third-order valence-corrected chi connectivity index (χ3v) is 5.06. The van der Waals surface area contributed by atoms with E-state index in [1.54, 1.807) is 13.8 Å². The first-order valence-electron chi connectivity index (χ1n) is 8.13. The van der Waals surface area contributed by atoms with Crippen LogP contribution >= 0.6 is 11.3 Å². The molecular weight excluding hydrogens is 384 g/mol. The van der Waals surface area contributed by atoms with Crippen LogP contribution in [0.5, 0.6) is 0 Å². The maximum Gasteiger partial charge on any atom is 0.349 e. The van der Waals surface area contributed by atoms with E-state index < -0.39 is 24.4 Å². The molecule has 0 atom stereocenters. The number of nitrogens with zero attached hydrogens (tertiary/aromatic N) is 1. The molecule has 144 valence electrons. The van der Waals surface area contributed by atoms with Crippen LogP contribution in [0.2, 0.25) is 0 Å². The number of nitrogens with one attached hydrogen (secondary N) is 2. The Bertz CT molecular complexity index is 1150. The molecule has 28 heavy (non-hydrogen) atoms. The molecule has 0 unspecified atom stereocenters. The molecule has 2 heterocycles. The van der Waals surface area contributed by atoms with E-state index in [1.165, 1.54) is 24.3 Å². The minimum absolute atomic E-state index is 0.220. The molecule has 0 aliphatic carbocycles. The lowest BCUT2D eigenvalue weighted by Gasteiger charge is -2.06. The van der Waals surface area contributed by atoms with Crippen LogP contribution in [0, 0.1) is 13.8 Å². The summed E-state index contributed by atoms with van der Waals surface area (Å²) < 4.78 is 5.05. The van der Waals surface area contributed by atoms with Gasteiger partial charge in [0.25, 0.3) is 11.5 Å². The Balaban J connectivity index is 1.67. The standard InChI is InChI=1S/C18H16N4O5S/c1-8-13-16(25)20-9(2)21-17(13)28-14(8)18(26)27-7-12(23)22-11-5-3-10(4-6-11)15(19)24/h3-6H,7H2,1-2H3,(H2,19,24)(H,22,23)(H,20,21,25). The minimum atomic E-state index is -0.711. The van der Waals surface area contributed by atoms with Gasteiger partial charge < -0.3 is 20.8 Å². The summed E-state index contributed by atoms with van der Waals surface area (Å²) in [6.07, 6.45) is 0. The maximum absolute atomic E-state index is 12.3. The Kier molecular flexibility index (Phi) is 5.23. The monoisotopic (exact) mass is 400 g/mol. The van der Waals surface area contributed by atoms with Crippen LogP contribution in [0.25, 0.3) is 10.2 Å². The summed E-state index contributed by atoms with van der Waals surface area (Å²) in [6, 6.07) is 5.96. The molecule has 0 saturated carbocycles. The lowest BCUT2D eigenvalue weighted by Crippen LogP contribution is -2.21. The molecule has 3 aromatic rings. The van der Waals surface area contributed by atoms with Crippen LogP contribution in [0.15, 0.2) is 29.1 Å². The van der Waals surface area contributed by atoms with Crippen molar-refractivity contribution in [3.63, 3.8) is 0 Å². The number of H-pyrrole nitrogens is 1. The highest BCUT2D eigenvalue weighted by Gasteiger charge is 2.20. The smallest absolute Gasteiger partial charge is 0.349 e. The van der Waals surface area contributed by atoms with Gasteiger partial charge in [0.05, 0.1) is 5.39 Å². The number of rotatable bonds is 5. The largest absolute Gasteiger partial charge is 0.451 e. The van der Waals surface area contributed by atoms with Gasteiger partial charge in [-0.25, -0.2) is 9.78 Å². The molecule has 10 heteroatoms. The predicted molar refractivity (Wildman–Crippen MR) is 104 cm³/mol. The molecular formula is C18H16N4O5S. The Morgan fingerprint density at radius 2 is 1.89 bits per heavy atom. The van der Waals surface area contributed by atoms with Crippen molar-refractivity contribution in [3.05, 3.63) is 56.4 Å². The van der Waals surface area contributed by atoms with Gasteiger partial charge in [-0.3, -0.25) is 14.4 Å². The molecule has 0 fully saturated rings. The zero-order valence-electron chi connectivity index (χ0n) is 15.0. The Morgan fingerprint density at radius 1 is 1.21 bits per heavy atom. The molecule has 4 N–H and O–H groups in total. The third kappa shape index (κ3) is 3.91. The summed E-state index contributed by atoms with van der Waals surface area (Å²) >= 11 is 1.04. The molecule has 0 aliphatic rings. The third-order valence-electron chi connectivity index (χ3n) is 3.89. The fourth-order valence-corrected chi connectivity index (χ4v) is 3.68. The van der Waals surface area contributed by atoms with Crippen LogP contribution in [0.3, 0.4) is 0 Å². The number of amides is 2. The van der Waals surface area contributed by atoms with Crippen LogP contribution in [-0.2, 0) is 9.53 Å². The Morgan fingerprint density at radius 3 is 2.54 bits per heavy atom. The van der Waals surface area contributed by atoms with Crippen molar-refractivity contribution in [2.75, 3.05) is 11.9 Å². The van der Waals surface area contributed by atoms with Gasteiger partial charge in [-0.15, -0.1) is 11.3 Å². The average molecular weight is 400 g/mol. The first kappa shape index (κ1) is 19.2. The SMILES string of the molecule is Cc1nc2sc(C(=O)OCC(=O)Nc3ccc(C(N)=O)cc3)c(C)c2c(=O)[nH]1. The number of ether oxygens (including phenoxy) is 1. The van der Waals surface area contributed by atoms with Gasteiger partial charge in [-0.1, -0.05) is 0 Å². The molecule has 0 aliphatic heterocycles. The van der Waals surface area contributed by atoms with Gasteiger partial charge in [0.2, 0.25) is 5.91 Å². The molecule has 0 bridgehead atoms. The zero-order valence-corrected chi connectivity index (χ0v) is 15.8. The Hall–Kier alpha value is -3.53. The topological polar surface area (TPSA) is 144 Å². The van der Waals surface area contributed by atoms with Crippen LogP contribution in [0.4, 0.5) is 5.69 Å². The van der Waals surface area contributed by atoms with Crippen LogP contribution < -0.4 is 16.6 Å². The highest BCUT2D eigenvalue weighted by Crippen LogP contribution is 2.27. The van der Waals surface area contributed by atoms with Crippen LogP contribution in [-0.4, -0.2) is 34.4 Å². The number of carbonyl (C=O) groups is 3. The van der Waals surface area contributed by atoms with E-state index in [2.05, 4.69) is 15.3 Å². The van der Waals surface area contributed by atoms with Crippen molar-refractivity contribution >= 4 is 45.0 Å². The van der Waals surface area contributed by atoms with Crippen molar-refractivity contribution in [3.8, 4) is 0 Å². The molecule has 0 spiro atoms. The molecule has 2 aromatic heterocycles. The summed E-state index contributed by atoms with van der Waals surface area (Å²) in [7, 11) is 0. The van der Waals surface area contributed by atoms with E-state index in [-0.39, 0.29) is 10.4 Å². The number of hydrogen-bond acceptors (Lipinski definition) is 7. The van der Waals surface area contributed by atoms with E-state index in [9.17, 15) is 19.2 Å². The van der Waals surface area contributed by atoms with Crippen molar-refractivity contribution in [1.82, 2.24) is 9.97 Å². The fraction of sp³-hybridized carbons (Fsp3) is 0.167. The first-order chi connectivity index (χ1) is 13.3. The van der Waals surface area contributed by atoms with E-state index in [1.807, 2.05) is 0 Å². The summed E-state index contributed by atoms with van der Waals surface area (Å²) in [5, 5.41) is 2.88. The molecule has 1 aromatic carbocycles. The first-order valence-corrected chi connectivity index (χ1v) is 8.94. The highest BCUT2D eigenvalue weighted by molar-refractivity contribution is 7.20. The summed E-state index contributed by atoms with van der Waals surface area (Å²) in [5.74, 6) is -1.39. The number of hydrogen-bond donors (Lipinski definition) is 3. The number of thiophene rings is 1. The second-order valence-electron chi connectivity index (χ2n) is 5.95. The van der Waals surface area contributed by atoms with Gasteiger partial charge >= 0.3 is 5.97 Å². The number of primary amides is 1. The number of anilines is 1. The number of aromatic nitrogens is 2. The van der Waals surface area contributed by atoms with E-state index in [0.29, 0.717) is 32.9 Å². The second kappa shape index (κ2) is 7.61. The number of nitrogens with two attached hydrogens (primary N) is 1. The second-order valence-corrected chi connectivity index (χ2v) is 6.95. The summed E-state index contributed by atoms with van der Waals surface area (Å²) in [4.78, 5) is 54.9. The van der Waals surface area contributed by atoms with Crippen molar-refractivity contribution in [2.24, 2.45) is 5.73 Å². The normalized spacial score (nSPS) is 10.6. The lowest BCUT2D eigenvalue weighted by molar-refractivity contribution is -0.119. The van der Waals surface area contributed by atoms with Crippen molar-refractivity contribution < 1.29 is 19.1 Å². The number of carbonyl (C=O) groups excluding carboxylic acids is 3. The molecule has 0 saturated heterocycles. The number of aryl methyl sites for hydroxylation is 2. The van der Waals surface area contributed by atoms with E-state index in [4.69, 9.17) is 10.5 Å². The molecule has 0 radical (unpaired) electrons. The summed E-state index contributed by atoms with van der Waals surface area (Å²) in [5.41, 5.74) is 6.02. The number of esters is 1. The molecule has 2 amide bonds. The minimum Gasteiger partial charge on any atom is -0.451 e. The van der Waals surface area contributed by atoms with E-state index in [0.717, 1.165) is 11.3 Å². The predicted octanol–water partition coefficient (Wildman–Crippen LogP) is 1.50. The lowest BCUT2D eigenvalue weighted by atomic mass is 10.2. The number of aromatic amines is 1. The Labute approximate surface area is 162 Å². The van der Waals surface area contributed by atoms with Crippen molar-refractivity contribution in [1.29, 1.82) is 0 Å². The highest BCUT2D eigenvalue weighted by atomic mass is 32.1. The summed E-state index contributed by atoms with van der Waals surface area (Å²) in [6.45, 7) is 2.77. The quantitative estimate of drug-likeness (QED) is 0.554. The maximum atomic E-state index is 12.3. The van der Waals surface area contributed by atoms with Crippen LogP contribution in [0.1, 0.15) is 31.4 Å². The molecule has 9 nitrogen and oxygen atoms in total. The number of benzene rings is 1. The fourth-order valence-electron chi connectivity index (χ4n) is 2.56. The molecule has 3 rings (SSSR count). The van der Waals surface area contributed by atoms with Gasteiger partial charge in [-0.2, -0.15) is 0 Å². The van der Waals surface area contributed by atoms with Gasteiger partial charge in [0, 0.05) is 11.3 Å². The average Bonchev–Trinajstić information content (AvgIpc) is 2.96. The zero-order chi connectivity index (χ0) is 20.4. The number of fused-ring (bicyclic) bond motifs is 1. The van der Waals surface area contributed by atoms with Gasteiger partial charge in [-0.05, 0) is 43.7 Å². The van der Waals surface area contributed by atoms with E-state index >= 15 is 0 Å². The van der Waals surface area contributed by atoms with Gasteiger partial charge in [0.15, 0.2) is 6.61 Å². The van der Waals surface area contributed by atoms with Gasteiger partial charge in [0.1, 0.15) is 15.5 Å². The van der Waals surface area contributed by atoms with Crippen molar-refractivity contribution in [2.45, 2.75) is 13.8 Å².